The fraction of sp³-hybridized carbons (Fsp3) is 0.840. The standard InChI is InChI=1S/C25H41NO5/c1-15-9-10-26(22(11-15)24(28)30-6)14-17(3)20-8-7-18(4)25(29)13-23(31-19(5)27)16(2)12-21(20)25/h12,15,17-18,20-23,29H,7-11,13-14H2,1-6H3/t15-,17?,18-,20+,21-,22+,23-,25-/m1/s1. The Bertz CT molecular complexity index is 706. The maximum atomic E-state index is 12.4. The van der Waals surface area contributed by atoms with Crippen LogP contribution in [-0.4, -0.2) is 59.9 Å². The van der Waals surface area contributed by atoms with Gasteiger partial charge in [0.15, 0.2) is 0 Å². The van der Waals surface area contributed by atoms with Gasteiger partial charge in [0, 0.05) is 25.8 Å². The minimum atomic E-state index is -0.866. The molecule has 3 rings (SSSR count). The summed E-state index contributed by atoms with van der Waals surface area (Å²) in [5, 5.41) is 11.8. The zero-order valence-corrected chi connectivity index (χ0v) is 20.1. The summed E-state index contributed by atoms with van der Waals surface area (Å²) in [4.78, 5) is 26.3. The van der Waals surface area contributed by atoms with Crippen LogP contribution >= 0.6 is 0 Å². The average Bonchev–Trinajstić information content (AvgIpc) is 2.70. The predicted octanol–water partition coefficient (Wildman–Crippen LogP) is 3.57. The van der Waals surface area contributed by atoms with Gasteiger partial charge < -0.3 is 14.6 Å². The van der Waals surface area contributed by atoms with Gasteiger partial charge in [-0.2, -0.15) is 0 Å². The van der Waals surface area contributed by atoms with Gasteiger partial charge >= 0.3 is 11.9 Å². The molecule has 176 valence electrons. The average molecular weight is 436 g/mol. The van der Waals surface area contributed by atoms with Crippen LogP contribution in [0.25, 0.3) is 0 Å². The number of aliphatic hydroxyl groups is 1. The number of ether oxygens (including phenoxy) is 2. The SMILES string of the molecule is COC(=O)[C@@H]1C[C@H](C)CCN1CC(C)[C@@H]1CC[C@@H](C)[C@]2(O)C[C@@H](OC(C)=O)C(C)=C[C@H]12. The Kier molecular flexibility index (Phi) is 7.52. The molecular formula is C25H41NO5. The van der Waals surface area contributed by atoms with E-state index in [2.05, 4.69) is 31.7 Å². The molecule has 2 fully saturated rings. The number of esters is 2. The van der Waals surface area contributed by atoms with E-state index in [1.54, 1.807) is 0 Å². The molecule has 0 aromatic heterocycles. The van der Waals surface area contributed by atoms with E-state index >= 15 is 0 Å². The maximum Gasteiger partial charge on any atom is 0.323 e. The highest BCUT2D eigenvalue weighted by molar-refractivity contribution is 5.75. The molecule has 31 heavy (non-hydrogen) atoms. The van der Waals surface area contributed by atoms with Gasteiger partial charge in [-0.05, 0) is 68.4 Å². The Morgan fingerprint density at radius 2 is 2.00 bits per heavy atom. The van der Waals surface area contributed by atoms with E-state index in [0.717, 1.165) is 44.3 Å². The smallest absolute Gasteiger partial charge is 0.323 e. The van der Waals surface area contributed by atoms with Gasteiger partial charge in [0.05, 0.1) is 12.7 Å². The number of carbonyl (C=O) groups excluding carboxylic acids is 2. The molecule has 1 unspecified atom stereocenters. The fourth-order valence-corrected chi connectivity index (χ4v) is 6.29. The number of carbonyl (C=O) groups is 2. The summed E-state index contributed by atoms with van der Waals surface area (Å²) < 4.78 is 10.6. The van der Waals surface area contributed by atoms with Gasteiger partial charge in [0.2, 0.25) is 0 Å². The van der Waals surface area contributed by atoms with Crippen molar-refractivity contribution in [1.82, 2.24) is 4.90 Å². The molecule has 1 saturated heterocycles. The Morgan fingerprint density at radius 1 is 1.29 bits per heavy atom. The fourth-order valence-electron chi connectivity index (χ4n) is 6.29. The zero-order chi connectivity index (χ0) is 22.9. The number of nitrogens with zero attached hydrogens (tertiary/aromatic N) is 1. The minimum absolute atomic E-state index is 0.0401. The molecule has 0 aromatic carbocycles. The summed E-state index contributed by atoms with van der Waals surface area (Å²) in [6.07, 6.45) is 6.25. The highest BCUT2D eigenvalue weighted by atomic mass is 16.5. The van der Waals surface area contributed by atoms with Crippen molar-refractivity contribution in [3.63, 3.8) is 0 Å². The molecule has 0 aromatic rings. The second kappa shape index (κ2) is 9.62. The number of piperidine rings is 1. The Hall–Kier alpha value is -1.40. The molecule has 0 bridgehead atoms. The number of fused-ring (bicyclic) bond motifs is 1. The highest BCUT2D eigenvalue weighted by Gasteiger charge is 2.53. The summed E-state index contributed by atoms with van der Waals surface area (Å²) >= 11 is 0. The molecule has 0 radical (unpaired) electrons. The molecule has 1 aliphatic heterocycles. The van der Waals surface area contributed by atoms with E-state index in [1.165, 1.54) is 14.0 Å². The van der Waals surface area contributed by atoms with Crippen LogP contribution in [0.3, 0.4) is 0 Å². The maximum absolute atomic E-state index is 12.4. The lowest BCUT2D eigenvalue weighted by atomic mass is 9.57. The van der Waals surface area contributed by atoms with E-state index in [1.807, 2.05) is 6.92 Å². The minimum Gasteiger partial charge on any atom is -0.468 e. The predicted molar refractivity (Wildman–Crippen MR) is 119 cm³/mol. The number of methoxy groups -OCH3 is 1. The van der Waals surface area contributed by atoms with Crippen molar-refractivity contribution >= 4 is 11.9 Å². The molecule has 6 nitrogen and oxygen atoms in total. The molecule has 2 aliphatic carbocycles. The second-order valence-corrected chi connectivity index (χ2v) is 10.5. The van der Waals surface area contributed by atoms with Crippen molar-refractivity contribution in [1.29, 1.82) is 0 Å². The van der Waals surface area contributed by atoms with Crippen LogP contribution in [0, 0.1) is 29.6 Å². The molecule has 6 heteroatoms. The molecule has 3 aliphatic rings. The van der Waals surface area contributed by atoms with E-state index in [0.29, 0.717) is 24.2 Å². The van der Waals surface area contributed by atoms with Crippen LogP contribution in [0.4, 0.5) is 0 Å². The van der Waals surface area contributed by atoms with Crippen LogP contribution in [-0.2, 0) is 19.1 Å². The molecule has 0 spiro atoms. The Morgan fingerprint density at radius 3 is 2.65 bits per heavy atom. The summed E-state index contributed by atoms with van der Waals surface area (Å²) in [5.41, 5.74) is 0.171. The van der Waals surface area contributed by atoms with Crippen LogP contribution in [0.5, 0.6) is 0 Å². The van der Waals surface area contributed by atoms with Gasteiger partial charge in [-0.1, -0.05) is 26.8 Å². The van der Waals surface area contributed by atoms with Gasteiger partial charge in [-0.25, -0.2) is 0 Å². The van der Waals surface area contributed by atoms with Crippen molar-refractivity contribution < 1.29 is 24.2 Å². The van der Waals surface area contributed by atoms with Crippen molar-refractivity contribution in [2.24, 2.45) is 29.6 Å². The molecule has 1 heterocycles. The first-order valence-corrected chi connectivity index (χ1v) is 12.0. The summed E-state index contributed by atoms with van der Waals surface area (Å²) in [5.74, 6) is 0.941. The number of likely N-dealkylation sites (tertiary alicyclic amines) is 1. The highest BCUT2D eigenvalue weighted by Crippen LogP contribution is 2.51. The lowest BCUT2D eigenvalue weighted by Gasteiger charge is -2.53. The van der Waals surface area contributed by atoms with E-state index < -0.39 is 5.60 Å². The van der Waals surface area contributed by atoms with Crippen LogP contribution in [0.2, 0.25) is 0 Å². The second-order valence-electron chi connectivity index (χ2n) is 10.5. The van der Waals surface area contributed by atoms with Crippen molar-refractivity contribution in [3.8, 4) is 0 Å². The number of hydrogen-bond donors (Lipinski definition) is 1. The van der Waals surface area contributed by atoms with E-state index in [9.17, 15) is 14.7 Å². The van der Waals surface area contributed by atoms with Crippen LogP contribution in [0.15, 0.2) is 11.6 Å². The molecule has 0 amide bonds. The lowest BCUT2D eigenvalue weighted by Crippen LogP contribution is -2.57. The first kappa shape index (κ1) is 24.2. The summed E-state index contributed by atoms with van der Waals surface area (Å²) in [7, 11) is 1.47. The quantitative estimate of drug-likeness (QED) is 0.526. The summed E-state index contributed by atoms with van der Waals surface area (Å²) in [6, 6.07) is -0.172. The molecule has 8 atom stereocenters. The van der Waals surface area contributed by atoms with Crippen LogP contribution in [0.1, 0.15) is 66.7 Å². The number of rotatable bonds is 5. The van der Waals surface area contributed by atoms with Crippen molar-refractivity contribution in [2.75, 3.05) is 20.2 Å². The molecular weight excluding hydrogens is 394 g/mol. The summed E-state index contributed by atoms with van der Waals surface area (Å²) in [6.45, 7) is 11.8. The third-order valence-electron chi connectivity index (χ3n) is 8.30. The first-order chi connectivity index (χ1) is 14.6. The number of hydrogen-bond acceptors (Lipinski definition) is 6. The van der Waals surface area contributed by atoms with Gasteiger partial charge in [-0.15, -0.1) is 0 Å². The van der Waals surface area contributed by atoms with E-state index in [-0.39, 0.29) is 35.9 Å². The zero-order valence-electron chi connectivity index (χ0n) is 20.1. The third-order valence-corrected chi connectivity index (χ3v) is 8.30. The topological polar surface area (TPSA) is 76.1 Å². The lowest BCUT2D eigenvalue weighted by molar-refractivity contribution is -0.160. The van der Waals surface area contributed by atoms with Crippen molar-refractivity contribution in [3.05, 3.63) is 11.6 Å². The Balaban J connectivity index is 1.79. The Labute approximate surface area is 187 Å². The van der Waals surface area contributed by atoms with Gasteiger partial charge in [0.25, 0.3) is 0 Å². The molecule has 1 saturated carbocycles. The van der Waals surface area contributed by atoms with Gasteiger partial charge in [-0.3, -0.25) is 14.5 Å². The monoisotopic (exact) mass is 435 g/mol. The normalized spacial score (nSPS) is 39.8. The molecule has 1 N–H and O–H groups in total. The third kappa shape index (κ3) is 5.00. The van der Waals surface area contributed by atoms with Crippen molar-refractivity contribution in [2.45, 2.75) is 84.5 Å². The van der Waals surface area contributed by atoms with Gasteiger partial charge in [0.1, 0.15) is 12.1 Å². The van der Waals surface area contributed by atoms with Crippen LogP contribution < -0.4 is 0 Å². The first-order valence-electron chi connectivity index (χ1n) is 12.0. The van der Waals surface area contributed by atoms with E-state index in [4.69, 9.17) is 9.47 Å². The largest absolute Gasteiger partial charge is 0.468 e.